The number of halogens is 1. The maximum Gasteiger partial charge on any atom is 0.338 e. The number of hydrogen-bond acceptors (Lipinski definition) is 5. The summed E-state index contributed by atoms with van der Waals surface area (Å²) in [5.74, 6) is -0.546. The molecule has 1 fully saturated rings. The number of nitro groups is 1. The number of carbonyl (C=O) groups is 2. The summed E-state index contributed by atoms with van der Waals surface area (Å²) in [5.41, 5.74) is 1.16. The highest BCUT2D eigenvalue weighted by Crippen LogP contribution is 2.30. The van der Waals surface area contributed by atoms with Gasteiger partial charge in [0.25, 0.3) is 5.69 Å². The molecule has 0 unspecified atom stereocenters. The van der Waals surface area contributed by atoms with Crippen molar-refractivity contribution < 1.29 is 19.2 Å². The molecule has 0 heterocycles. The van der Waals surface area contributed by atoms with Crippen LogP contribution >= 0.6 is 11.6 Å². The Kier molecular flexibility index (Phi) is 5.18. The third-order valence-electron chi connectivity index (χ3n) is 3.89. The lowest BCUT2D eigenvalue weighted by molar-refractivity contribution is -0.384. The predicted octanol–water partition coefficient (Wildman–Crippen LogP) is 3.95. The number of benzene rings is 2. The number of nitrogens with one attached hydrogen (secondary N) is 1. The third-order valence-corrected chi connectivity index (χ3v) is 4.20. The highest BCUT2D eigenvalue weighted by atomic mass is 35.5. The summed E-state index contributed by atoms with van der Waals surface area (Å²) >= 11 is 5.83. The van der Waals surface area contributed by atoms with Crippen molar-refractivity contribution >= 4 is 34.9 Å². The van der Waals surface area contributed by atoms with Crippen molar-refractivity contribution in [3.63, 3.8) is 0 Å². The fraction of sp³-hybridized carbons (Fsp3) is 0.222. The van der Waals surface area contributed by atoms with Crippen LogP contribution in [0.5, 0.6) is 0 Å². The molecule has 1 aliphatic carbocycles. The van der Waals surface area contributed by atoms with Crippen LogP contribution in [0.4, 0.5) is 11.4 Å². The fourth-order valence-electron chi connectivity index (χ4n) is 2.33. The Bertz CT molecular complexity index is 880. The van der Waals surface area contributed by atoms with E-state index in [2.05, 4.69) is 5.32 Å². The first kappa shape index (κ1) is 17.9. The molecule has 1 N–H and O–H groups in total. The SMILES string of the molecule is O=C(OCc1ccc([N+](=O)[O-])c(Cl)c1)c1cccc(NC(=O)C2CC2)c1. The second-order valence-electron chi connectivity index (χ2n) is 5.96. The van der Waals surface area contributed by atoms with Gasteiger partial charge in [0.15, 0.2) is 0 Å². The zero-order valence-electron chi connectivity index (χ0n) is 13.6. The fourth-order valence-corrected chi connectivity index (χ4v) is 2.61. The Morgan fingerprint density at radius 3 is 2.65 bits per heavy atom. The molecule has 2 aromatic carbocycles. The maximum atomic E-state index is 12.2. The number of nitrogens with zero attached hydrogens (tertiary/aromatic N) is 1. The zero-order valence-corrected chi connectivity index (χ0v) is 14.4. The number of amides is 1. The molecule has 0 saturated heterocycles. The molecule has 8 heteroatoms. The predicted molar refractivity (Wildman–Crippen MR) is 95.0 cm³/mol. The van der Waals surface area contributed by atoms with Gasteiger partial charge in [-0.05, 0) is 48.7 Å². The molecule has 1 aliphatic rings. The van der Waals surface area contributed by atoms with E-state index in [-0.39, 0.29) is 29.1 Å². The molecule has 0 bridgehead atoms. The van der Waals surface area contributed by atoms with E-state index in [1.807, 2.05) is 0 Å². The number of carbonyl (C=O) groups excluding carboxylic acids is 2. The summed E-state index contributed by atoms with van der Waals surface area (Å²) in [5, 5.41) is 13.5. The second-order valence-corrected chi connectivity index (χ2v) is 6.37. The lowest BCUT2D eigenvalue weighted by atomic mass is 10.2. The molecule has 134 valence electrons. The van der Waals surface area contributed by atoms with Gasteiger partial charge in [0, 0.05) is 17.7 Å². The van der Waals surface area contributed by atoms with Gasteiger partial charge in [0.1, 0.15) is 11.6 Å². The summed E-state index contributed by atoms with van der Waals surface area (Å²) in [4.78, 5) is 34.1. The van der Waals surface area contributed by atoms with Crippen LogP contribution in [0.15, 0.2) is 42.5 Å². The van der Waals surface area contributed by atoms with E-state index in [1.165, 1.54) is 18.2 Å². The van der Waals surface area contributed by atoms with E-state index in [4.69, 9.17) is 16.3 Å². The number of rotatable bonds is 6. The number of nitro benzene ring substituents is 1. The highest BCUT2D eigenvalue weighted by molar-refractivity contribution is 6.32. The second kappa shape index (κ2) is 7.53. The molecule has 0 aromatic heterocycles. The Hall–Kier alpha value is -2.93. The first-order valence-electron chi connectivity index (χ1n) is 7.95. The third kappa shape index (κ3) is 4.37. The summed E-state index contributed by atoms with van der Waals surface area (Å²) in [6.45, 7) is -0.0742. The first-order valence-corrected chi connectivity index (χ1v) is 8.32. The molecule has 26 heavy (non-hydrogen) atoms. The van der Waals surface area contributed by atoms with Crippen LogP contribution < -0.4 is 5.32 Å². The van der Waals surface area contributed by atoms with Gasteiger partial charge in [-0.2, -0.15) is 0 Å². The quantitative estimate of drug-likeness (QED) is 0.469. The van der Waals surface area contributed by atoms with Crippen molar-refractivity contribution in [2.75, 3.05) is 5.32 Å². The van der Waals surface area contributed by atoms with Crippen LogP contribution in [-0.2, 0) is 16.1 Å². The summed E-state index contributed by atoms with van der Waals surface area (Å²) in [7, 11) is 0. The number of ether oxygens (including phenoxy) is 1. The minimum Gasteiger partial charge on any atom is -0.457 e. The molecule has 1 saturated carbocycles. The molecule has 0 atom stereocenters. The average molecular weight is 375 g/mol. The molecule has 3 rings (SSSR count). The molecule has 1 amide bonds. The van der Waals surface area contributed by atoms with Crippen LogP contribution in [0.25, 0.3) is 0 Å². The minimum atomic E-state index is -0.584. The van der Waals surface area contributed by atoms with Gasteiger partial charge in [0.05, 0.1) is 10.5 Å². The van der Waals surface area contributed by atoms with Crippen LogP contribution in [0.2, 0.25) is 5.02 Å². The first-order chi connectivity index (χ1) is 12.4. The molecule has 7 nitrogen and oxygen atoms in total. The van der Waals surface area contributed by atoms with Crippen LogP contribution in [0.3, 0.4) is 0 Å². The van der Waals surface area contributed by atoms with Gasteiger partial charge in [-0.1, -0.05) is 17.7 Å². The number of hydrogen-bond donors (Lipinski definition) is 1. The van der Waals surface area contributed by atoms with Gasteiger partial charge in [-0.15, -0.1) is 0 Å². The van der Waals surface area contributed by atoms with Gasteiger partial charge < -0.3 is 10.1 Å². The lowest BCUT2D eigenvalue weighted by Crippen LogP contribution is -2.14. The smallest absolute Gasteiger partial charge is 0.338 e. The van der Waals surface area contributed by atoms with Gasteiger partial charge in [-0.25, -0.2) is 4.79 Å². The van der Waals surface area contributed by atoms with E-state index < -0.39 is 10.9 Å². The van der Waals surface area contributed by atoms with Gasteiger partial charge in [0.2, 0.25) is 5.91 Å². The Labute approximate surface area is 154 Å². The van der Waals surface area contributed by atoms with Gasteiger partial charge >= 0.3 is 5.97 Å². The van der Waals surface area contributed by atoms with Gasteiger partial charge in [-0.3, -0.25) is 14.9 Å². The topological polar surface area (TPSA) is 98.5 Å². The molecular formula is C18H15ClN2O5. The van der Waals surface area contributed by atoms with Crippen LogP contribution in [0.1, 0.15) is 28.8 Å². The molecule has 2 aromatic rings. The van der Waals surface area contributed by atoms with Crippen molar-refractivity contribution in [3.05, 3.63) is 68.7 Å². The van der Waals surface area contributed by atoms with E-state index >= 15 is 0 Å². The summed E-state index contributed by atoms with van der Waals surface area (Å²) in [6.07, 6.45) is 1.79. The maximum absolute atomic E-state index is 12.2. The number of esters is 1. The van der Waals surface area contributed by atoms with Crippen molar-refractivity contribution in [2.45, 2.75) is 19.4 Å². The Morgan fingerprint density at radius 2 is 2.00 bits per heavy atom. The monoisotopic (exact) mass is 374 g/mol. The molecule has 0 spiro atoms. The number of anilines is 1. The van der Waals surface area contributed by atoms with E-state index in [0.717, 1.165) is 12.8 Å². The molecule has 0 radical (unpaired) electrons. The van der Waals surface area contributed by atoms with E-state index in [9.17, 15) is 19.7 Å². The average Bonchev–Trinajstić information content (AvgIpc) is 3.44. The van der Waals surface area contributed by atoms with Crippen LogP contribution in [0, 0.1) is 16.0 Å². The van der Waals surface area contributed by atoms with Crippen LogP contribution in [-0.4, -0.2) is 16.8 Å². The normalized spacial score (nSPS) is 13.1. The molecular weight excluding hydrogens is 360 g/mol. The van der Waals surface area contributed by atoms with Crippen molar-refractivity contribution in [1.29, 1.82) is 0 Å². The Morgan fingerprint density at radius 1 is 1.23 bits per heavy atom. The standard InChI is InChI=1S/C18H15ClN2O5/c19-15-8-11(4-7-16(15)21(24)25)10-26-18(23)13-2-1-3-14(9-13)20-17(22)12-5-6-12/h1-4,7-9,12H,5-6,10H2,(H,20,22). The molecule has 0 aliphatic heterocycles. The Balaban J connectivity index is 1.62. The van der Waals surface area contributed by atoms with E-state index in [0.29, 0.717) is 16.8 Å². The van der Waals surface area contributed by atoms with Crippen molar-refractivity contribution in [2.24, 2.45) is 5.92 Å². The zero-order chi connectivity index (χ0) is 18.7. The largest absolute Gasteiger partial charge is 0.457 e. The summed E-state index contributed by atoms with van der Waals surface area (Å²) in [6, 6.07) is 10.6. The lowest BCUT2D eigenvalue weighted by Gasteiger charge is -2.08. The summed E-state index contributed by atoms with van der Waals surface area (Å²) < 4.78 is 5.21. The van der Waals surface area contributed by atoms with Crippen molar-refractivity contribution in [1.82, 2.24) is 0 Å². The van der Waals surface area contributed by atoms with Crippen molar-refractivity contribution in [3.8, 4) is 0 Å². The highest BCUT2D eigenvalue weighted by Gasteiger charge is 2.29. The van der Waals surface area contributed by atoms with E-state index in [1.54, 1.807) is 24.3 Å². The minimum absolute atomic E-state index is 0.0201.